The number of hydrogen-bond acceptors (Lipinski definition) is 2. The molecule has 5 heteroatoms. The van der Waals surface area contributed by atoms with Crippen molar-refractivity contribution in [1.82, 2.24) is 4.90 Å². The van der Waals surface area contributed by atoms with Gasteiger partial charge in [-0.15, -0.1) is 0 Å². The molecule has 1 aromatic rings. The number of alkyl halides is 3. The fraction of sp³-hybridized carbons (Fsp3) is 0.625. The van der Waals surface area contributed by atoms with Gasteiger partial charge in [-0.25, -0.2) is 0 Å². The zero-order chi connectivity index (χ0) is 14.9. The van der Waals surface area contributed by atoms with Gasteiger partial charge in [-0.2, -0.15) is 13.2 Å². The second-order valence-electron chi connectivity index (χ2n) is 6.11. The predicted octanol–water partition coefficient (Wildman–Crippen LogP) is 3.82. The van der Waals surface area contributed by atoms with Crippen LogP contribution in [0.15, 0.2) is 18.2 Å². The van der Waals surface area contributed by atoms with Crippen molar-refractivity contribution in [3.05, 3.63) is 29.3 Å². The monoisotopic (exact) mass is 298 g/mol. The summed E-state index contributed by atoms with van der Waals surface area (Å²) in [4.78, 5) is 2.14. The van der Waals surface area contributed by atoms with Crippen LogP contribution < -0.4 is 5.32 Å². The van der Waals surface area contributed by atoms with E-state index in [1.165, 1.54) is 16.8 Å². The summed E-state index contributed by atoms with van der Waals surface area (Å²) in [6.07, 6.45) is -1.32. The molecule has 1 N–H and O–H groups in total. The molecule has 2 aliphatic heterocycles. The van der Waals surface area contributed by atoms with Crippen LogP contribution in [-0.2, 0) is 13.0 Å². The van der Waals surface area contributed by atoms with Crippen molar-refractivity contribution in [1.29, 1.82) is 0 Å². The summed E-state index contributed by atoms with van der Waals surface area (Å²) in [6, 6.07) is 6.40. The van der Waals surface area contributed by atoms with Crippen LogP contribution in [0, 0.1) is 5.92 Å². The fourth-order valence-corrected chi connectivity index (χ4v) is 3.30. The minimum atomic E-state index is -4.02. The highest BCUT2D eigenvalue weighted by atomic mass is 19.4. The fourth-order valence-electron chi connectivity index (χ4n) is 3.30. The molecular formula is C16H21F3N2. The van der Waals surface area contributed by atoms with Gasteiger partial charge in [0.25, 0.3) is 0 Å². The van der Waals surface area contributed by atoms with Crippen LogP contribution in [-0.4, -0.2) is 30.7 Å². The van der Waals surface area contributed by atoms with Crippen LogP contribution in [0.4, 0.5) is 18.9 Å². The van der Waals surface area contributed by atoms with Gasteiger partial charge in [0.2, 0.25) is 0 Å². The Morgan fingerprint density at radius 3 is 2.67 bits per heavy atom. The number of nitrogens with zero attached hydrogens (tertiary/aromatic N) is 1. The van der Waals surface area contributed by atoms with E-state index >= 15 is 0 Å². The molecule has 1 saturated heterocycles. The van der Waals surface area contributed by atoms with Gasteiger partial charge in [0, 0.05) is 18.8 Å². The first kappa shape index (κ1) is 14.7. The summed E-state index contributed by atoms with van der Waals surface area (Å²) in [5.41, 5.74) is 3.76. The lowest BCUT2D eigenvalue weighted by molar-refractivity contribution is -0.185. The van der Waals surface area contributed by atoms with Crippen LogP contribution in [0.25, 0.3) is 0 Å². The number of likely N-dealkylation sites (tertiary alicyclic amines) is 1. The van der Waals surface area contributed by atoms with Crippen LogP contribution in [0.5, 0.6) is 0 Å². The first-order valence-corrected chi connectivity index (χ1v) is 7.67. The minimum Gasteiger partial charge on any atom is -0.385 e. The normalized spacial score (nSPS) is 20.9. The Morgan fingerprint density at radius 1 is 1.19 bits per heavy atom. The third-order valence-corrected chi connectivity index (χ3v) is 4.56. The number of nitrogens with one attached hydrogen (secondary N) is 1. The van der Waals surface area contributed by atoms with E-state index < -0.39 is 12.1 Å². The molecule has 2 aliphatic rings. The van der Waals surface area contributed by atoms with Crippen LogP contribution in [0.1, 0.15) is 30.4 Å². The van der Waals surface area contributed by atoms with E-state index in [0.717, 1.165) is 25.9 Å². The number of rotatable bonds is 2. The Hall–Kier alpha value is -1.23. The first-order valence-electron chi connectivity index (χ1n) is 7.67. The lowest BCUT2D eigenvalue weighted by Crippen LogP contribution is -2.38. The van der Waals surface area contributed by atoms with Crippen LogP contribution in [0.3, 0.4) is 0 Å². The van der Waals surface area contributed by atoms with Gasteiger partial charge < -0.3 is 5.32 Å². The highest BCUT2D eigenvalue weighted by Crippen LogP contribution is 2.34. The number of fused-ring (bicyclic) bond motifs is 1. The van der Waals surface area contributed by atoms with E-state index in [2.05, 4.69) is 28.4 Å². The summed E-state index contributed by atoms with van der Waals surface area (Å²) in [5.74, 6) is -1.11. The molecule has 0 aromatic heterocycles. The van der Waals surface area contributed by atoms with Gasteiger partial charge in [0.05, 0.1) is 5.92 Å². The smallest absolute Gasteiger partial charge is 0.385 e. The molecule has 21 heavy (non-hydrogen) atoms. The molecule has 0 saturated carbocycles. The topological polar surface area (TPSA) is 15.3 Å². The molecule has 0 radical (unpaired) electrons. The Balaban J connectivity index is 1.58. The summed E-state index contributed by atoms with van der Waals surface area (Å²) in [7, 11) is 0. The van der Waals surface area contributed by atoms with Gasteiger partial charge in [-0.1, -0.05) is 12.1 Å². The van der Waals surface area contributed by atoms with Crippen molar-refractivity contribution in [2.75, 3.05) is 25.0 Å². The third-order valence-electron chi connectivity index (χ3n) is 4.56. The number of hydrogen-bond donors (Lipinski definition) is 1. The molecule has 116 valence electrons. The quantitative estimate of drug-likeness (QED) is 0.893. The van der Waals surface area contributed by atoms with Crippen LogP contribution in [0.2, 0.25) is 0 Å². The third kappa shape index (κ3) is 3.51. The highest BCUT2D eigenvalue weighted by Gasteiger charge is 2.40. The van der Waals surface area contributed by atoms with Gasteiger partial charge >= 0.3 is 6.18 Å². The molecule has 1 fully saturated rings. The average molecular weight is 298 g/mol. The second-order valence-corrected chi connectivity index (χ2v) is 6.11. The van der Waals surface area contributed by atoms with Gasteiger partial charge in [0.1, 0.15) is 0 Å². The van der Waals surface area contributed by atoms with Gasteiger partial charge in [0.15, 0.2) is 0 Å². The Morgan fingerprint density at radius 2 is 1.95 bits per heavy atom. The maximum atomic E-state index is 12.7. The average Bonchev–Trinajstić information content (AvgIpc) is 2.47. The Kier molecular flexibility index (Phi) is 4.11. The molecule has 0 unspecified atom stereocenters. The summed E-state index contributed by atoms with van der Waals surface area (Å²) in [5, 5.41) is 3.38. The number of halogens is 3. The van der Waals surface area contributed by atoms with E-state index in [4.69, 9.17) is 0 Å². The summed E-state index contributed by atoms with van der Waals surface area (Å²) in [6.45, 7) is 2.87. The number of anilines is 1. The Labute approximate surface area is 123 Å². The zero-order valence-electron chi connectivity index (χ0n) is 12.0. The van der Waals surface area contributed by atoms with Gasteiger partial charge in [-0.05, 0) is 56.0 Å². The molecule has 0 aliphatic carbocycles. The van der Waals surface area contributed by atoms with Crippen molar-refractivity contribution in [2.45, 2.75) is 38.4 Å². The van der Waals surface area contributed by atoms with Crippen molar-refractivity contribution < 1.29 is 13.2 Å². The van der Waals surface area contributed by atoms with Crippen molar-refractivity contribution in [3.8, 4) is 0 Å². The second kappa shape index (κ2) is 5.87. The number of benzene rings is 1. The van der Waals surface area contributed by atoms with E-state index in [9.17, 15) is 13.2 Å². The molecular weight excluding hydrogens is 277 g/mol. The summed E-state index contributed by atoms with van der Waals surface area (Å²) < 4.78 is 38.0. The van der Waals surface area contributed by atoms with Crippen LogP contribution >= 0.6 is 0 Å². The highest BCUT2D eigenvalue weighted by molar-refractivity contribution is 5.54. The van der Waals surface area contributed by atoms with E-state index in [-0.39, 0.29) is 12.8 Å². The molecule has 0 amide bonds. The molecule has 0 spiro atoms. The molecule has 0 bridgehead atoms. The number of piperidine rings is 1. The van der Waals surface area contributed by atoms with E-state index in [1.54, 1.807) is 0 Å². The molecule has 3 rings (SSSR count). The SMILES string of the molecule is FC(F)(F)C1CCN(Cc2ccc3c(c2)CCCN3)CC1. The standard InChI is InChI=1S/C16H21F3N2/c17-16(18,19)14-5-8-21(9-6-14)11-12-3-4-15-13(10-12)2-1-7-20-15/h3-4,10,14,20H,1-2,5-9,11H2. The molecule has 0 atom stereocenters. The first-order chi connectivity index (χ1) is 10.0. The maximum absolute atomic E-state index is 12.7. The van der Waals surface area contributed by atoms with Crippen molar-refractivity contribution in [3.63, 3.8) is 0 Å². The molecule has 2 heterocycles. The van der Waals surface area contributed by atoms with E-state index in [1.807, 2.05) is 0 Å². The lowest BCUT2D eigenvalue weighted by Gasteiger charge is -2.33. The predicted molar refractivity (Wildman–Crippen MR) is 77.3 cm³/mol. The largest absolute Gasteiger partial charge is 0.391 e. The molecule has 1 aromatic carbocycles. The van der Waals surface area contributed by atoms with Crippen molar-refractivity contribution >= 4 is 5.69 Å². The summed E-state index contributed by atoms with van der Waals surface area (Å²) >= 11 is 0. The zero-order valence-corrected chi connectivity index (χ0v) is 12.0. The number of aryl methyl sites for hydroxylation is 1. The lowest BCUT2D eigenvalue weighted by atomic mass is 9.95. The minimum absolute atomic E-state index is 0.232. The Bertz CT molecular complexity index is 491. The van der Waals surface area contributed by atoms with E-state index in [0.29, 0.717) is 13.1 Å². The molecule has 2 nitrogen and oxygen atoms in total. The maximum Gasteiger partial charge on any atom is 0.391 e. The van der Waals surface area contributed by atoms with Gasteiger partial charge in [-0.3, -0.25) is 4.90 Å². The van der Waals surface area contributed by atoms with Crippen molar-refractivity contribution in [2.24, 2.45) is 5.92 Å².